The lowest BCUT2D eigenvalue weighted by atomic mass is 9.99. The van der Waals surface area contributed by atoms with Gasteiger partial charge in [0.25, 0.3) is 0 Å². The fourth-order valence-electron chi connectivity index (χ4n) is 5.65. The molecule has 41 heavy (non-hydrogen) atoms. The van der Waals surface area contributed by atoms with Crippen LogP contribution in [0.15, 0.2) is 61.2 Å². The molecule has 1 aliphatic carbocycles. The Morgan fingerprint density at radius 1 is 0.951 bits per heavy atom. The summed E-state index contributed by atoms with van der Waals surface area (Å²) in [4.78, 5) is 25.7. The Labute approximate surface area is 242 Å². The average Bonchev–Trinajstić information content (AvgIpc) is 3.55. The van der Waals surface area contributed by atoms with Crippen molar-refractivity contribution in [2.24, 2.45) is 0 Å². The second-order valence-corrected chi connectivity index (χ2v) is 10.9. The molecule has 1 heterocycles. The van der Waals surface area contributed by atoms with Gasteiger partial charge in [-0.1, -0.05) is 67.4 Å². The van der Waals surface area contributed by atoms with E-state index < -0.39 is 12.2 Å². The molecule has 0 bridgehead atoms. The quantitative estimate of drug-likeness (QED) is 0.152. The molecule has 3 atom stereocenters. The number of aliphatic hydroxyl groups excluding tert-OH is 1. The van der Waals surface area contributed by atoms with Crippen LogP contribution >= 0.6 is 0 Å². The van der Waals surface area contributed by atoms with E-state index in [9.17, 15) is 14.7 Å². The molecule has 0 aromatic heterocycles. The van der Waals surface area contributed by atoms with Gasteiger partial charge in [-0.15, -0.1) is 6.58 Å². The highest BCUT2D eigenvalue weighted by molar-refractivity contribution is 5.78. The number of hydrogen-bond acceptors (Lipinski definition) is 7. The van der Waals surface area contributed by atoms with Crippen LogP contribution in [0.1, 0.15) is 86.0 Å². The monoisotopic (exact) mass is 565 g/mol. The maximum Gasteiger partial charge on any atom is 0.243 e. The highest BCUT2D eigenvalue weighted by atomic mass is 16.7. The number of benzene rings is 2. The Hall–Kier alpha value is -3.08. The molecule has 4 N–H and O–H groups in total. The maximum atomic E-state index is 12.1. The highest BCUT2D eigenvalue weighted by Crippen LogP contribution is 2.38. The van der Waals surface area contributed by atoms with Crippen LogP contribution in [0.4, 0.5) is 0 Å². The number of amides is 2. The minimum atomic E-state index is -0.535. The molecule has 9 heteroatoms. The minimum absolute atomic E-state index is 0.00569. The molecule has 2 aromatic rings. The van der Waals surface area contributed by atoms with Gasteiger partial charge in [-0.3, -0.25) is 19.7 Å². The van der Waals surface area contributed by atoms with E-state index in [1.807, 2.05) is 54.6 Å². The van der Waals surface area contributed by atoms with Gasteiger partial charge < -0.3 is 19.9 Å². The van der Waals surface area contributed by atoms with Gasteiger partial charge in [-0.05, 0) is 36.0 Å². The predicted molar refractivity (Wildman–Crippen MR) is 155 cm³/mol. The third kappa shape index (κ3) is 9.21. The number of nitrogens with zero attached hydrogens (tertiary/aromatic N) is 1. The number of rotatable bonds is 14. The molecule has 1 saturated heterocycles. The summed E-state index contributed by atoms with van der Waals surface area (Å²) in [5.74, 6) is -0.651. The van der Waals surface area contributed by atoms with Crippen LogP contribution in [0.3, 0.4) is 0 Å². The molecule has 1 aliphatic heterocycles. The molecule has 1 saturated carbocycles. The van der Waals surface area contributed by atoms with Gasteiger partial charge in [-0.2, -0.15) is 0 Å². The van der Waals surface area contributed by atoms with E-state index in [4.69, 9.17) is 14.7 Å². The van der Waals surface area contributed by atoms with Crippen LogP contribution < -0.4 is 10.8 Å². The van der Waals surface area contributed by atoms with Crippen LogP contribution in [0.2, 0.25) is 0 Å². The molecule has 2 amide bonds. The Balaban J connectivity index is 1.41. The van der Waals surface area contributed by atoms with E-state index in [0.29, 0.717) is 19.0 Å². The number of carbonyl (C=O) groups excluding carboxylic acids is 2. The van der Waals surface area contributed by atoms with Crippen molar-refractivity contribution in [2.75, 3.05) is 13.1 Å². The topological polar surface area (TPSA) is 120 Å². The number of carbonyl (C=O) groups is 2. The summed E-state index contributed by atoms with van der Waals surface area (Å²) < 4.78 is 13.1. The summed E-state index contributed by atoms with van der Waals surface area (Å²) in [6.07, 6.45) is 7.63. The molecular weight excluding hydrogens is 522 g/mol. The molecule has 3 unspecified atom stereocenters. The molecule has 9 nitrogen and oxygen atoms in total. The van der Waals surface area contributed by atoms with Gasteiger partial charge in [0, 0.05) is 50.5 Å². The van der Waals surface area contributed by atoms with Crippen molar-refractivity contribution in [3.8, 4) is 0 Å². The van der Waals surface area contributed by atoms with E-state index >= 15 is 0 Å². The number of hydroxylamine groups is 1. The lowest BCUT2D eigenvalue weighted by Crippen LogP contribution is -2.43. The van der Waals surface area contributed by atoms with Crippen molar-refractivity contribution in [3.63, 3.8) is 0 Å². The predicted octanol–water partition coefficient (Wildman–Crippen LogP) is 4.45. The summed E-state index contributed by atoms with van der Waals surface area (Å²) in [6, 6.07) is 16.3. The van der Waals surface area contributed by atoms with Crippen molar-refractivity contribution in [3.05, 3.63) is 83.4 Å². The van der Waals surface area contributed by atoms with Gasteiger partial charge in [-0.25, -0.2) is 5.48 Å². The van der Waals surface area contributed by atoms with Gasteiger partial charge in [0.05, 0.1) is 18.8 Å². The standard InChI is InChI=1S/C32H43N3O6/c1-2-18-35(27-6-3-4-7-27)21-28-19-29(25-14-12-24(22-36)13-15-25)41-32(40-28)26-16-10-23(11-17-26)20-33-30(37)8-5-9-31(38)34-39/h2,10-17,27-29,32,36,39H,1,3-9,18-22H2,(H,33,37)(H,34,38). The summed E-state index contributed by atoms with van der Waals surface area (Å²) in [5, 5.41) is 20.9. The number of ether oxygens (including phenoxy) is 2. The van der Waals surface area contributed by atoms with Crippen LogP contribution in [0.25, 0.3) is 0 Å². The van der Waals surface area contributed by atoms with Crippen LogP contribution in [-0.4, -0.2) is 52.3 Å². The summed E-state index contributed by atoms with van der Waals surface area (Å²) >= 11 is 0. The van der Waals surface area contributed by atoms with E-state index in [-0.39, 0.29) is 37.6 Å². The van der Waals surface area contributed by atoms with E-state index in [1.54, 1.807) is 5.48 Å². The van der Waals surface area contributed by atoms with Gasteiger partial charge in [0.2, 0.25) is 11.8 Å². The summed E-state index contributed by atoms with van der Waals surface area (Å²) in [5.41, 5.74) is 5.35. The fourth-order valence-corrected chi connectivity index (χ4v) is 5.65. The van der Waals surface area contributed by atoms with Crippen molar-refractivity contribution in [1.29, 1.82) is 0 Å². The fraction of sp³-hybridized carbons (Fsp3) is 0.500. The zero-order valence-corrected chi connectivity index (χ0v) is 23.7. The Morgan fingerprint density at radius 2 is 1.61 bits per heavy atom. The first kappa shape index (κ1) is 30.9. The van der Waals surface area contributed by atoms with Crippen LogP contribution in [0, 0.1) is 0 Å². The van der Waals surface area contributed by atoms with Crippen LogP contribution in [0.5, 0.6) is 0 Å². The zero-order valence-electron chi connectivity index (χ0n) is 23.7. The molecule has 222 valence electrons. The van der Waals surface area contributed by atoms with Gasteiger partial charge >= 0.3 is 0 Å². The molecule has 2 aliphatic rings. The first-order valence-corrected chi connectivity index (χ1v) is 14.6. The Kier molecular flexibility index (Phi) is 11.9. The molecule has 4 rings (SSSR count). The summed E-state index contributed by atoms with van der Waals surface area (Å²) in [7, 11) is 0. The van der Waals surface area contributed by atoms with Crippen LogP contribution in [-0.2, 0) is 32.2 Å². The molecular formula is C32H43N3O6. The zero-order chi connectivity index (χ0) is 29.0. The Bertz CT molecular complexity index is 1120. The lowest BCUT2D eigenvalue weighted by molar-refractivity contribution is -0.253. The van der Waals surface area contributed by atoms with Gasteiger partial charge in [0.15, 0.2) is 6.29 Å². The van der Waals surface area contributed by atoms with Crippen molar-refractivity contribution >= 4 is 11.8 Å². The second-order valence-electron chi connectivity index (χ2n) is 10.9. The number of nitrogens with one attached hydrogen (secondary N) is 2. The molecule has 2 aromatic carbocycles. The Morgan fingerprint density at radius 3 is 2.27 bits per heavy atom. The number of hydrogen-bond donors (Lipinski definition) is 4. The SMILES string of the molecule is C=CCN(CC1CC(c2ccc(CO)cc2)OC(c2ccc(CNC(=O)CCCC(=O)NO)cc2)O1)C1CCCC1. The largest absolute Gasteiger partial charge is 0.392 e. The molecule has 0 spiro atoms. The number of aliphatic hydroxyl groups is 1. The van der Waals surface area contributed by atoms with E-state index in [2.05, 4.69) is 16.8 Å². The van der Waals surface area contributed by atoms with Gasteiger partial charge in [0.1, 0.15) is 0 Å². The first-order chi connectivity index (χ1) is 20.0. The maximum absolute atomic E-state index is 12.1. The third-order valence-corrected chi connectivity index (χ3v) is 7.93. The van der Waals surface area contributed by atoms with E-state index in [1.165, 1.54) is 25.7 Å². The lowest BCUT2D eigenvalue weighted by Gasteiger charge is -2.39. The highest BCUT2D eigenvalue weighted by Gasteiger charge is 2.34. The van der Waals surface area contributed by atoms with Crippen molar-refractivity contribution < 1.29 is 29.4 Å². The molecule has 0 radical (unpaired) electrons. The first-order valence-electron chi connectivity index (χ1n) is 14.6. The summed E-state index contributed by atoms with van der Waals surface area (Å²) in [6.45, 7) is 6.01. The average molecular weight is 566 g/mol. The van der Waals surface area contributed by atoms with Crippen molar-refractivity contribution in [2.45, 2.75) is 89.1 Å². The molecule has 2 fully saturated rings. The third-order valence-electron chi connectivity index (χ3n) is 7.93. The second kappa shape index (κ2) is 15.8. The smallest absolute Gasteiger partial charge is 0.243 e. The minimum Gasteiger partial charge on any atom is -0.392 e. The van der Waals surface area contributed by atoms with Crippen molar-refractivity contribution in [1.82, 2.24) is 15.7 Å². The van der Waals surface area contributed by atoms with E-state index in [0.717, 1.165) is 41.8 Å². The normalized spacial score (nSPS) is 21.1.